The van der Waals surface area contributed by atoms with Gasteiger partial charge in [0.2, 0.25) is 5.95 Å². The summed E-state index contributed by atoms with van der Waals surface area (Å²) in [5.41, 5.74) is 3.60. The molecular formula is C19H16N4O3S. The average molecular weight is 380 g/mol. The Labute approximate surface area is 157 Å². The van der Waals surface area contributed by atoms with E-state index in [0.29, 0.717) is 29.3 Å². The van der Waals surface area contributed by atoms with Crippen LogP contribution < -0.4 is 5.32 Å². The number of nitrogens with zero attached hydrogens (tertiary/aromatic N) is 3. The minimum absolute atomic E-state index is 0.358. The lowest BCUT2D eigenvalue weighted by molar-refractivity contribution is 0.482. The molecule has 3 rings (SSSR count). The molecular weight excluding hydrogens is 364 g/mol. The van der Waals surface area contributed by atoms with Crippen LogP contribution in [-0.4, -0.2) is 22.9 Å². The van der Waals surface area contributed by atoms with Crippen molar-refractivity contribution in [2.24, 2.45) is 0 Å². The normalized spacial score (nSPS) is 11.0. The Bertz CT molecular complexity index is 1090. The highest BCUT2D eigenvalue weighted by Gasteiger charge is 2.08. The predicted molar refractivity (Wildman–Crippen MR) is 102 cm³/mol. The molecule has 3 aromatic rings. The fourth-order valence-corrected chi connectivity index (χ4v) is 3.14. The van der Waals surface area contributed by atoms with Gasteiger partial charge in [-0.2, -0.15) is 13.7 Å². The van der Waals surface area contributed by atoms with Gasteiger partial charge in [-0.15, -0.1) is 0 Å². The third kappa shape index (κ3) is 5.34. The summed E-state index contributed by atoms with van der Waals surface area (Å²) in [5, 5.41) is 11.8. The molecule has 0 fully saturated rings. The molecule has 2 N–H and O–H groups in total. The van der Waals surface area contributed by atoms with Crippen LogP contribution in [-0.2, 0) is 22.3 Å². The molecule has 0 aliphatic heterocycles. The smallest absolute Gasteiger partial charge is 0.269 e. The standard InChI is InChI=1S/C19H16N4O3S/c20-10-8-14-4-6-16(7-5-14)18-9-11-21-19(23-18)22-17-3-1-2-15(12-17)13-27(24,25)26/h1-7,9,11-12H,8,13H2,(H,21,22,23)(H,24,25,26). The van der Waals surface area contributed by atoms with E-state index in [1.807, 2.05) is 24.3 Å². The highest BCUT2D eigenvalue weighted by molar-refractivity contribution is 7.85. The van der Waals surface area contributed by atoms with Gasteiger partial charge in [0.25, 0.3) is 10.1 Å². The fourth-order valence-electron chi connectivity index (χ4n) is 2.54. The lowest BCUT2D eigenvalue weighted by Gasteiger charge is -2.08. The van der Waals surface area contributed by atoms with E-state index < -0.39 is 15.9 Å². The molecule has 2 aromatic carbocycles. The molecule has 0 bridgehead atoms. The molecule has 1 aromatic heterocycles. The van der Waals surface area contributed by atoms with E-state index in [4.69, 9.17) is 9.81 Å². The molecule has 0 aliphatic rings. The Hall–Kier alpha value is -3.28. The number of aromatic nitrogens is 2. The number of hydrogen-bond acceptors (Lipinski definition) is 6. The van der Waals surface area contributed by atoms with Crippen LogP contribution in [0.2, 0.25) is 0 Å². The number of hydrogen-bond donors (Lipinski definition) is 2. The van der Waals surface area contributed by atoms with Crippen molar-refractivity contribution in [1.82, 2.24) is 9.97 Å². The minimum atomic E-state index is -4.10. The van der Waals surface area contributed by atoms with Crippen LogP contribution in [0.4, 0.5) is 11.6 Å². The Balaban J connectivity index is 1.80. The molecule has 0 aliphatic carbocycles. The predicted octanol–water partition coefficient (Wildman–Crippen LogP) is 3.34. The van der Waals surface area contributed by atoms with Gasteiger partial charge in [0.1, 0.15) is 5.75 Å². The van der Waals surface area contributed by atoms with Gasteiger partial charge in [-0.25, -0.2) is 9.97 Å². The maximum absolute atomic E-state index is 11.0. The van der Waals surface area contributed by atoms with E-state index in [9.17, 15) is 8.42 Å². The summed E-state index contributed by atoms with van der Waals surface area (Å²) in [6.45, 7) is 0. The second kappa shape index (κ2) is 7.95. The number of anilines is 2. The Kier molecular flexibility index (Phi) is 5.45. The molecule has 8 heteroatoms. The van der Waals surface area contributed by atoms with Gasteiger partial charge in [-0.05, 0) is 29.3 Å². The van der Waals surface area contributed by atoms with Crippen molar-refractivity contribution in [2.75, 3.05) is 5.32 Å². The fraction of sp³-hybridized carbons (Fsp3) is 0.105. The second-order valence-corrected chi connectivity index (χ2v) is 7.30. The van der Waals surface area contributed by atoms with Crippen LogP contribution in [0.1, 0.15) is 11.1 Å². The maximum Gasteiger partial charge on any atom is 0.269 e. The van der Waals surface area contributed by atoms with Crippen molar-refractivity contribution in [3.63, 3.8) is 0 Å². The first-order valence-corrected chi connectivity index (χ1v) is 9.64. The molecule has 136 valence electrons. The molecule has 0 spiro atoms. The van der Waals surface area contributed by atoms with Crippen LogP contribution in [0.15, 0.2) is 60.8 Å². The number of benzene rings is 2. The van der Waals surface area contributed by atoms with E-state index in [2.05, 4.69) is 21.4 Å². The molecule has 0 atom stereocenters. The largest absolute Gasteiger partial charge is 0.324 e. The first kappa shape index (κ1) is 18.5. The lowest BCUT2D eigenvalue weighted by atomic mass is 10.1. The first-order valence-electron chi connectivity index (χ1n) is 8.03. The van der Waals surface area contributed by atoms with Crippen molar-refractivity contribution in [3.8, 4) is 17.3 Å². The topological polar surface area (TPSA) is 116 Å². The van der Waals surface area contributed by atoms with Gasteiger partial charge in [0.05, 0.1) is 18.2 Å². The van der Waals surface area contributed by atoms with E-state index >= 15 is 0 Å². The van der Waals surface area contributed by atoms with Crippen LogP contribution in [0.5, 0.6) is 0 Å². The van der Waals surface area contributed by atoms with Gasteiger partial charge in [-0.3, -0.25) is 4.55 Å². The summed E-state index contributed by atoms with van der Waals surface area (Å²) in [6, 6.07) is 18.1. The second-order valence-electron chi connectivity index (χ2n) is 5.85. The molecule has 1 heterocycles. The number of rotatable bonds is 6. The summed E-state index contributed by atoms with van der Waals surface area (Å²) in [4.78, 5) is 8.64. The molecule has 0 radical (unpaired) electrons. The number of nitriles is 1. The Morgan fingerprint density at radius 2 is 1.85 bits per heavy atom. The molecule has 0 saturated heterocycles. The maximum atomic E-state index is 11.0. The zero-order valence-corrected chi connectivity index (χ0v) is 15.0. The number of nitrogens with one attached hydrogen (secondary N) is 1. The third-order valence-corrected chi connectivity index (χ3v) is 4.42. The minimum Gasteiger partial charge on any atom is -0.324 e. The van der Waals surface area contributed by atoms with Crippen LogP contribution in [0.25, 0.3) is 11.3 Å². The lowest BCUT2D eigenvalue weighted by Crippen LogP contribution is -2.03. The highest BCUT2D eigenvalue weighted by Crippen LogP contribution is 2.21. The Morgan fingerprint density at radius 3 is 2.56 bits per heavy atom. The quantitative estimate of drug-likeness (QED) is 0.630. The average Bonchev–Trinajstić information content (AvgIpc) is 2.62. The van der Waals surface area contributed by atoms with Crippen molar-refractivity contribution in [1.29, 1.82) is 5.26 Å². The summed E-state index contributed by atoms with van der Waals surface area (Å²) >= 11 is 0. The van der Waals surface area contributed by atoms with E-state index in [0.717, 1.165) is 11.1 Å². The molecule has 27 heavy (non-hydrogen) atoms. The third-order valence-electron chi connectivity index (χ3n) is 3.72. The van der Waals surface area contributed by atoms with E-state index in [-0.39, 0.29) is 0 Å². The Morgan fingerprint density at radius 1 is 1.07 bits per heavy atom. The van der Waals surface area contributed by atoms with Crippen LogP contribution in [0.3, 0.4) is 0 Å². The monoisotopic (exact) mass is 380 g/mol. The van der Waals surface area contributed by atoms with Crippen molar-refractivity contribution < 1.29 is 13.0 Å². The molecule has 0 amide bonds. The summed E-state index contributed by atoms with van der Waals surface area (Å²) < 4.78 is 31.0. The summed E-state index contributed by atoms with van der Waals surface area (Å²) in [7, 11) is -4.10. The molecule has 7 nitrogen and oxygen atoms in total. The van der Waals surface area contributed by atoms with Crippen molar-refractivity contribution in [2.45, 2.75) is 12.2 Å². The zero-order valence-electron chi connectivity index (χ0n) is 14.2. The summed E-state index contributed by atoms with van der Waals surface area (Å²) in [5.74, 6) is -0.101. The van der Waals surface area contributed by atoms with Gasteiger partial charge in [-0.1, -0.05) is 36.4 Å². The van der Waals surface area contributed by atoms with Gasteiger partial charge in [0.15, 0.2) is 0 Å². The highest BCUT2D eigenvalue weighted by atomic mass is 32.2. The van der Waals surface area contributed by atoms with Gasteiger partial charge in [0, 0.05) is 17.4 Å². The zero-order chi connectivity index (χ0) is 19.3. The summed E-state index contributed by atoms with van der Waals surface area (Å²) in [6.07, 6.45) is 1.98. The van der Waals surface area contributed by atoms with Gasteiger partial charge < -0.3 is 5.32 Å². The van der Waals surface area contributed by atoms with Crippen LogP contribution in [0, 0.1) is 11.3 Å². The van der Waals surface area contributed by atoms with E-state index in [1.54, 1.807) is 36.5 Å². The SMILES string of the molecule is N#CCc1ccc(-c2ccnc(Nc3cccc(CS(=O)(=O)O)c3)n2)cc1. The first-order chi connectivity index (χ1) is 12.9. The molecule has 0 saturated carbocycles. The van der Waals surface area contributed by atoms with E-state index in [1.165, 1.54) is 0 Å². The van der Waals surface area contributed by atoms with Crippen molar-refractivity contribution in [3.05, 3.63) is 71.9 Å². The van der Waals surface area contributed by atoms with Crippen molar-refractivity contribution >= 4 is 21.8 Å². The van der Waals surface area contributed by atoms with Gasteiger partial charge >= 0.3 is 0 Å². The van der Waals surface area contributed by atoms with Crippen LogP contribution >= 0.6 is 0 Å². The molecule has 0 unspecified atom stereocenters.